The Balaban J connectivity index is 2.06. The number of benzene rings is 2. The molecule has 31 heavy (non-hydrogen) atoms. The summed E-state index contributed by atoms with van der Waals surface area (Å²) in [6.45, 7) is 3.81. The van der Waals surface area contributed by atoms with E-state index in [1.807, 2.05) is 31.2 Å². The molecule has 9 heteroatoms. The average molecular weight is 449 g/mol. The van der Waals surface area contributed by atoms with Gasteiger partial charge in [0.2, 0.25) is 10.0 Å². The largest absolute Gasteiger partial charge is 0.491 e. The highest BCUT2D eigenvalue weighted by Crippen LogP contribution is 2.21. The van der Waals surface area contributed by atoms with Gasteiger partial charge in [-0.1, -0.05) is 30.3 Å². The zero-order valence-electron chi connectivity index (χ0n) is 18.8. The molecule has 2 rings (SSSR count). The molecule has 0 aromatic heterocycles. The number of aryl methyl sites for hydroxylation is 1. The van der Waals surface area contributed by atoms with E-state index >= 15 is 0 Å². The van der Waals surface area contributed by atoms with Gasteiger partial charge in [0, 0.05) is 46.9 Å². The maximum atomic E-state index is 12.6. The molecule has 0 spiro atoms. The number of guanidine groups is 1. The van der Waals surface area contributed by atoms with Crippen molar-refractivity contribution in [3.8, 4) is 5.75 Å². The van der Waals surface area contributed by atoms with Gasteiger partial charge >= 0.3 is 0 Å². The van der Waals surface area contributed by atoms with Crippen LogP contribution in [0.5, 0.6) is 5.75 Å². The number of hydrogen-bond acceptors (Lipinski definition) is 5. The Labute approximate surface area is 185 Å². The van der Waals surface area contributed by atoms with Gasteiger partial charge < -0.3 is 20.1 Å². The third kappa shape index (κ3) is 6.95. The summed E-state index contributed by atoms with van der Waals surface area (Å²) in [6, 6.07) is 13.0. The minimum Gasteiger partial charge on any atom is -0.491 e. The van der Waals surface area contributed by atoms with Gasteiger partial charge in [0.1, 0.15) is 12.4 Å². The summed E-state index contributed by atoms with van der Waals surface area (Å²) in [4.78, 5) is 4.51. The number of rotatable bonds is 10. The highest BCUT2D eigenvalue weighted by atomic mass is 32.2. The second-order valence-corrected chi connectivity index (χ2v) is 9.25. The third-order valence-electron chi connectivity index (χ3n) is 4.62. The highest BCUT2D eigenvalue weighted by Gasteiger charge is 2.20. The van der Waals surface area contributed by atoms with Crippen LogP contribution in [0.4, 0.5) is 0 Å². The number of aliphatic imine (C=N–C) groups is 1. The second-order valence-electron chi connectivity index (χ2n) is 7.13. The standard InChI is InChI=1S/C22H32N4O4S/c1-17-10-11-18(20(14-17)30-13-12-29-5)15-24-22(23-2)25-16-19-8-6-7-9-21(19)31(27,28)26(3)4/h6-11,14H,12-13,15-16H2,1-5H3,(H2,23,24,25). The molecular weight excluding hydrogens is 416 g/mol. The van der Waals surface area contributed by atoms with Gasteiger partial charge in [0.25, 0.3) is 0 Å². The van der Waals surface area contributed by atoms with Crippen molar-refractivity contribution >= 4 is 16.0 Å². The van der Waals surface area contributed by atoms with E-state index in [1.165, 1.54) is 18.4 Å². The highest BCUT2D eigenvalue weighted by molar-refractivity contribution is 7.89. The van der Waals surface area contributed by atoms with E-state index in [0.29, 0.717) is 37.8 Å². The molecule has 170 valence electrons. The fourth-order valence-corrected chi connectivity index (χ4v) is 3.97. The lowest BCUT2D eigenvalue weighted by atomic mass is 10.1. The lowest BCUT2D eigenvalue weighted by Gasteiger charge is -2.17. The van der Waals surface area contributed by atoms with Crippen LogP contribution in [0.1, 0.15) is 16.7 Å². The number of ether oxygens (including phenoxy) is 2. The van der Waals surface area contributed by atoms with Crippen LogP contribution in [0.3, 0.4) is 0 Å². The summed E-state index contributed by atoms with van der Waals surface area (Å²) in [5.41, 5.74) is 2.76. The fourth-order valence-electron chi connectivity index (χ4n) is 2.85. The van der Waals surface area contributed by atoms with Crippen LogP contribution >= 0.6 is 0 Å². The zero-order chi connectivity index (χ0) is 22.9. The molecule has 0 bridgehead atoms. The minimum absolute atomic E-state index is 0.273. The van der Waals surface area contributed by atoms with Gasteiger partial charge in [-0.2, -0.15) is 0 Å². The van der Waals surface area contributed by atoms with Crippen molar-refractivity contribution in [2.75, 3.05) is 41.5 Å². The summed E-state index contributed by atoms with van der Waals surface area (Å²) >= 11 is 0. The van der Waals surface area contributed by atoms with E-state index in [4.69, 9.17) is 9.47 Å². The first-order valence-corrected chi connectivity index (χ1v) is 11.4. The summed E-state index contributed by atoms with van der Waals surface area (Å²) in [5, 5.41) is 6.44. The molecule has 0 unspecified atom stereocenters. The molecule has 0 heterocycles. The third-order valence-corrected chi connectivity index (χ3v) is 6.53. The minimum atomic E-state index is -3.53. The molecule has 0 radical (unpaired) electrons. The predicted octanol–water partition coefficient (Wildman–Crippen LogP) is 2.14. The molecule has 0 saturated heterocycles. The van der Waals surface area contributed by atoms with Gasteiger partial charge in [-0.15, -0.1) is 0 Å². The average Bonchev–Trinajstić information content (AvgIpc) is 2.75. The van der Waals surface area contributed by atoms with Gasteiger partial charge in [0.05, 0.1) is 11.5 Å². The van der Waals surface area contributed by atoms with Crippen molar-refractivity contribution in [1.29, 1.82) is 0 Å². The van der Waals surface area contributed by atoms with Crippen molar-refractivity contribution in [3.63, 3.8) is 0 Å². The first-order chi connectivity index (χ1) is 14.8. The number of methoxy groups -OCH3 is 1. The molecule has 0 saturated carbocycles. The van der Waals surface area contributed by atoms with Gasteiger partial charge in [-0.25, -0.2) is 12.7 Å². The molecule has 0 aliphatic heterocycles. The first-order valence-electron chi connectivity index (χ1n) is 9.95. The number of hydrogen-bond donors (Lipinski definition) is 2. The molecule has 0 atom stereocenters. The Bertz CT molecular complexity index is 991. The quantitative estimate of drug-likeness (QED) is 0.329. The number of sulfonamides is 1. The molecule has 2 aromatic carbocycles. The number of nitrogens with one attached hydrogen (secondary N) is 2. The van der Waals surface area contributed by atoms with Crippen LogP contribution in [0.15, 0.2) is 52.4 Å². The Kier molecular flexibility index (Phi) is 9.29. The van der Waals surface area contributed by atoms with E-state index in [2.05, 4.69) is 15.6 Å². The lowest BCUT2D eigenvalue weighted by molar-refractivity contribution is 0.145. The van der Waals surface area contributed by atoms with Crippen molar-refractivity contribution in [2.24, 2.45) is 4.99 Å². The Hall–Kier alpha value is -2.62. The summed E-state index contributed by atoms with van der Waals surface area (Å²) < 4.78 is 37.3. The summed E-state index contributed by atoms with van der Waals surface area (Å²) in [6.07, 6.45) is 0. The van der Waals surface area contributed by atoms with Crippen LogP contribution in [0.25, 0.3) is 0 Å². The van der Waals surface area contributed by atoms with E-state index in [0.717, 1.165) is 16.9 Å². The molecule has 0 fully saturated rings. The monoisotopic (exact) mass is 448 g/mol. The van der Waals surface area contributed by atoms with Crippen LogP contribution in [0, 0.1) is 6.92 Å². The van der Waals surface area contributed by atoms with Crippen LogP contribution in [-0.2, 0) is 27.8 Å². The summed E-state index contributed by atoms with van der Waals surface area (Å²) in [5.74, 6) is 1.35. The molecule has 2 N–H and O–H groups in total. The number of nitrogens with zero attached hydrogens (tertiary/aromatic N) is 2. The smallest absolute Gasteiger partial charge is 0.242 e. The van der Waals surface area contributed by atoms with Crippen LogP contribution in [-0.4, -0.2) is 60.1 Å². The van der Waals surface area contributed by atoms with Crippen molar-refractivity contribution in [1.82, 2.24) is 14.9 Å². The molecule has 0 amide bonds. The Morgan fingerprint density at radius 3 is 2.35 bits per heavy atom. The van der Waals surface area contributed by atoms with Gasteiger partial charge in [-0.3, -0.25) is 4.99 Å². The zero-order valence-corrected chi connectivity index (χ0v) is 19.6. The van der Waals surface area contributed by atoms with Crippen molar-refractivity contribution in [2.45, 2.75) is 24.9 Å². The molecule has 2 aromatic rings. The maximum Gasteiger partial charge on any atom is 0.242 e. The maximum absolute atomic E-state index is 12.6. The van der Waals surface area contributed by atoms with Crippen molar-refractivity contribution in [3.05, 3.63) is 59.2 Å². The van der Waals surface area contributed by atoms with Gasteiger partial charge in [-0.05, 0) is 30.2 Å². The van der Waals surface area contributed by atoms with E-state index in [9.17, 15) is 8.42 Å². The second kappa shape index (κ2) is 11.7. The van der Waals surface area contributed by atoms with Crippen LogP contribution in [0.2, 0.25) is 0 Å². The van der Waals surface area contributed by atoms with E-state index < -0.39 is 10.0 Å². The lowest BCUT2D eigenvalue weighted by Crippen LogP contribution is -2.37. The SMILES string of the molecule is CN=C(NCc1ccc(C)cc1OCCOC)NCc1ccccc1S(=O)(=O)N(C)C. The van der Waals surface area contributed by atoms with Crippen LogP contribution < -0.4 is 15.4 Å². The normalized spacial score (nSPS) is 12.1. The molecule has 8 nitrogen and oxygen atoms in total. The van der Waals surface area contributed by atoms with E-state index in [-0.39, 0.29) is 4.90 Å². The molecule has 0 aliphatic carbocycles. The van der Waals surface area contributed by atoms with Gasteiger partial charge in [0.15, 0.2) is 5.96 Å². The first kappa shape index (κ1) is 24.6. The van der Waals surface area contributed by atoms with E-state index in [1.54, 1.807) is 32.4 Å². The van der Waals surface area contributed by atoms with Crippen molar-refractivity contribution < 1.29 is 17.9 Å². The Morgan fingerprint density at radius 2 is 1.71 bits per heavy atom. The molecular formula is C22H32N4O4S. The fraction of sp³-hybridized carbons (Fsp3) is 0.409. The molecule has 0 aliphatic rings. The predicted molar refractivity (Wildman–Crippen MR) is 123 cm³/mol. The Morgan fingerprint density at radius 1 is 1.03 bits per heavy atom. The summed E-state index contributed by atoms with van der Waals surface area (Å²) in [7, 11) is 2.82. The topological polar surface area (TPSA) is 92.3 Å².